The fourth-order valence-corrected chi connectivity index (χ4v) is 4.43. The lowest BCUT2D eigenvalue weighted by Crippen LogP contribution is -2.26. The molecule has 4 nitrogen and oxygen atoms in total. The van der Waals surface area contributed by atoms with Gasteiger partial charge in [0.2, 0.25) is 0 Å². The van der Waals surface area contributed by atoms with Gasteiger partial charge in [-0.25, -0.2) is 8.42 Å². The fraction of sp³-hybridized carbons (Fsp3) is 0.174. The minimum Gasteiger partial charge on any atom is -0.346 e. The summed E-state index contributed by atoms with van der Waals surface area (Å²) in [4.78, 5) is 13.9. The van der Waals surface area contributed by atoms with Crippen molar-refractivity contribution in [3.8, 4) is 0 Å². The molecule has 0 aliphatic heterocycles. The van der Waals surface area contributed by atoms with Crippen molar-refractivity contribution >= 4 is 39.1 Å². The van der Waals surface area contributed by atoms with Crippen LogP contribution in [0.25, 0.3) is 0 Å². The topological polar surface area (TPSA) is 63.2 Å². The van der Waals surface area contributed by atoms with Gasteiger partial charge in [0, 0.05) is 27.5 Å². The number of carbonyl (C=O) groups excluding carboxylic acids is 1. The third kappa shape index (κ3) is 6.11. The smallest absolute Gasteiger partial charge is 0.251 e. The van der Waals surface area contributed by atoms with Crippen LogP contribution < -0.4 is 5.32 Å². The van der Waals surface area contributed by atoms with Crippen molar-refractivity contribution in [3.05, 3.63) is 94.5 Å². The molecule has 0 fully saturated rings. The predicted molar refractivity (Wildman–Crippen MR) is 123 cm³/mol. The number of carbonyl (C=O) groups is 1. The van der Waals surface area contributed by atoms with Crippen molar-refractivity contribution in [2.45, 2.75) is 28.5 Å². The molecular formula is C23H22ClNO3S2. The number of nitrogens with one attached hydrogen (secondary N) is 1. The number of amides is 1. The molecule has 3 rings (SSSR count). The van der Waals surface area contributed by atoms with E-state index in [9.17, 15) is 13.2 Å². The second kappa shape index (κ2) is 9.69. The molecule has 30 heavy (non-hydrogen) atoms. The lowest BCUT2D eigenvalue weighted by Gasteiger charge is -2.15. The van der Waals surface area contributed by atoms with Crippen molar-refractivity contribution in [1.82, 2.24) is 5.32 Å². The van der Waals surface area contributed by atoms with E-state index in [2.05, 4.69) is 5.32 Å². The Labute approximate surface area is 186 Å². The van der Waals surface area contributed by atoms with Gasteiger partial charge in [-0.1, -0.05) is 35.9 Å². The van der Waals surface area contributed by atoms with Crippen LogP contribution in [-0.4, -0.2) is 20.6 Å². The van der Waals surface area contributed by atoms with E-state index in [1.165, 1.54) is 6.26 Å². The van der Waals surface area contributed by atoms with Crippen LogP contribution in [0.1, 0.15) is 34.5 Å². The predicted octanol–water partition coefficient (Wildman–Crippen LogP) is 5.53. The number of thioether (sulfide) groups is 1. The van der Waals surface area contributed by atoms with Crippen LogP contribution >= 0.6 is 23.4 Å². The molecule has 0 heterocycles. The molecule has 0 aliphatic rings. The van der Waals surface area contributed by atoms with Gasteiger partial charge in [0.15, 0.2) is 9.84 Å². The first kappa shape index (κ1) is 22.4. The monoisotopic (exact) mass is 459 g/mol. The average Bonchev–Trinajstić information content (AvgIpc) is 2.73. The largest absolute Gasteiger partial charge is 0.346 e. The molecule has 0 bridgehead atoms. The van der Waals surface area contributed by atoms with E-state index >= 15 is 0 Å². The fourth-order valence-electron chi connectivity index (χ4n) is 2.82. The standard InChI is InChI=1S/C23H22ClNO3S2/c1-16(18-7-13-22(14-8-18)30(2,27)28)25-23(26)19-5-3-17(4-6-19)15-29-21-11-9-20(24)10-12-21/h3-14,16H,15H2,1-2H3,(H,25,26)/t16-/m0/s1. The summed E-state index contributed by atoms with van der Waals surface area (Å²) in [5, 5.41) is 3.67. The van der Waals surface area contributed by atoms with Gasteiger partial charge < -0.3 is 5.32 Å². The van der Waals surface area contributed by atoms with E-state index in [0.717, 1.165) is 26.8 Å². The molecule has 1 amide bonds. The third-order valence-corrected chi connectivity index (χ3v) is 7.05. The van der Waals surface area contributed by atoms with E-state index in [-0.39, 0.29) is 16.8 Å². The van der Waals surface area contributed by atoms with Crippen molar-refractivity contribution in [3.63, 3.8) is 0 Å². The van der Waals surface area contributed by atoms with Gasteiger partial charge in [0.25, 0.3) is 5.91 Å². The molecule has 0 radical (unpaired) electrons. The van der Waals surface area contributed by atoms with Crippen LogP contribution in [0.5, 0.6) is 0 Å². The minimum atomic E-state index is -3.23. The van der Waals surface area contributed by atoms with E-state index in [4.69, 9.17) is 11.6 Å². The molecule has 1 atom stereocenters. The van der Waals surface area contributed by atoms with Crippen LogP contribution in [0, 0.1) is 0 Å². The number of halogens is 1. The van der Waals surface area contributed by atoms with Crippen LogP contribution in [0.4, 0.5) is 0 Å². The first-order valence-corrected chi connectivity index (χ1v) is 12.6. The summed E-state index contributed by atoms with van der Waals surface area (Å²) in [6, 6.07) is 21.5. The Morgan fingerprint density at radius 2 is 1.57 bits per heavy atom. The highest BCUT2D eigenvalue weighted by Crippen LogP contribution is 2.24. The molecule has 0 unspecified atom stereocenters. The van der Waals surface area contributed by atoms with Gasteiger partial charge >= 0.3 is 0 Å². The van der Waals surface area contributed by atoms with E-state index < -0.39 is 9.84 Å². The first-order chi connectivity index (χ1) is 14.2. The van der Waals surface area contributed by atoms with Crippen LogP contribution in [0.2, 0.25) is 5.02 Å². The van der Waals surface area contributed by atoms with Crippen molar-refractivity contribution in [1.29, 1.82) is 0 Å². The Morgan fingerprint density at radius 3 is 2.13 bits per heavy atom. The summed E-state index contributed by atoms with van der Waals surface area (Å²) >= 11 is 7.61. The van der Waals surface area contributed by atoms with Gasteiger partial charge in [-0.05, 0) is 66.6 Å². The number of sulfone groups is 1. The highest BCUT2D eigenvalue weighted by atomic mass is 35.5. The van der Waals surface area contributed by atoms with Crippen LogP contribution in [0.15, 0.2) is 82.6 Å². The average molecular weight is 460 g/mol. The third-order valence-electron chi connectivity index (χ3n) is 4.59. The summed E-state index contributed by atoms with van der Waals surface area (Å²) in [5.74, 6) is 0.624. The summed E-state index contributed by atoms with van der Waals surface area (Å²) in [7, 11) is -3.23. The van der Waals surface area contributed by atoms with Crippen LogP contribution in [-0.2, 0) is 15.6 Å². The van der Waals surface area contributed by atoms with Crippen LogP contribution in [0.3, 0.4) is 0 Å². The molecular weight excluding hydrogens is 438 g/mol. The molecule has 0 saturated carbocycles. The highest BCUT2D eigenvalue weighted by molar-refractivity contribution is 7.98. The SMILES string of the molecule is C[C@H](NC(=O)c1ccc(CSc2ccc(Cl)cc2)cc1)c1ccc(S(C)(=O)=O)cc1. The molecule has 1 N–H and O–H groups in total. The normalized spacial score (nSPS) is 12.4. The van der Waals surface area contributed by atoms with Gasteiger partial charge in [-0.3, -0.25) is 4.79 Å². The van der Waals surface area contributed by atoms with E-state index in [1.54, 1.807) is 36.0 Å². The Kier molecular flexibility index (Phi) is 7.23. The van der Waals surface area contributed by atoms with Gasteiger partial charge in [-0.15, -0.1) is 11.8 Å². The molecule has 7 heteroatoms. The number of hydrogen-bond acceptors (Lipinski definition) is 4. The molecule has 0 aliphatic carbocycles. The molecule has 156 valence electrons. The van der Waals surface area contributed by atoms with Gasteiger partial charge in [0.1, 0.15) is 0 Å². The zero-order chi connectivity index (χ0) is 21.7. The Morgan fingerprint density at radius 1 is 0.967 bits per heavy atom. The van der Waals surface area contributed by atoms with Crippen molar-refractivity contribution in [2.24, 2.45) is 0 Å². The van der Waals surface area contributed by atoms with Crippen molar-refractivity contribution in [2.75, 3.05) is 6.26 Å². The van der Waals surface area contributed by atoms with Gasteiger partial charge in [-0.2, -0.15) is 0 Å². The first-order valence-electron chi connectivity index (χ1n) is 9.30. The zero-order valence-electron chi connectivity index (χ0n) is 16.6. The van der Waals surface area contributed by atoms with Gasteiger partial charge in [0.05, 0.1) is 10.9 Å². The maximum absolute atomic E-state index is 12.6. The molecule has 3 aromatic rings. The minimum absolute atomic E-state index is 0.174. The summed E-state index contributed by atoms with van der Waals surface area (Å²) < 4.78 is 23.1. The highest BCUT2D eigenvalue weighted by Gasteiger charge is 2.13. The second-order valence-electron chi connectivity index (χ2n) is 6.98. The quantitative estimate of drug-likeness (QED) is 0.472. The van der Waals surface area contributed by atoms with E-state index in [0.29, 0.717) is 5.56 Å². The number of hydrogen-bond donors (Lipinski definition) is 1. The summed E-state index contributed by atoms with van der Waals surface area (Å²) in [6.45, 7) is 1.87. The van der Waals surface area contributed by atoms with Crippen molar-refractivity contribution < 1.29 is 13.2 Å². The summed E-state index contributed by atoms with van der Waals surface area (Å²) in [5.41, 5.74) is 2.54. The number of benzene rings is 3. The lowest BCUT2D eigenvalue weighted by atomic mass is 10.1. The molecule has 0 spiro atoms. The molecule has 0 aromatic heterocycles. The summed E-state index contributed by atoms with van der Waals surface area (Å²) in [6.07, 6.45) is 1.17. The Hall–Kier alpha value is -2.28. The van der Waals surface area contributed by atoms with E-state index in [1.807, 2.05) is 55.5 Å². The lowest BCUT2D eigenvalue weighted by molar-refractivity contribution is 0.0940. The molecule has 0 saturated heterocycles. The zero-order valence-corrected chi connectivity index (χ0v) is 19.0. The second-order valence-corrected chi connectivity index (χ2v) is 10.5. The maximum Gasteiger partial charge on any atom is 0.251 e. The number of rotatable bonds is 7. The Bertz CT molecular complexity index is 1110. The Balaban J connectivity index is 1.58. The molecule has 3 aromatic carbocycles. The maximum atomic E-state index is 12.6.